The van der Waals surface area contributed by atoms with Crippen LogP contribution in [0.1, 0.15) is 22.3 Å². The number of hydrogen-bond donors (Lipinski definition) is 1. The van der Waals surface area contributed by atoms with Crippen LogP contribution in [-0.2, 0) is 22.6 Å². The van der Waals surface area contributed by atoms with Gasteiger partial charge in [0.2, 0.25) is 5.91 Å². The number of ether oxygens (including phenoxy) is 2. The number of hydrogen-bond acceptors (Lipinski definition) is 6. The molecule has 0 radical (unpaired) electrons. The molecule has 3 aromatic rings. The fraction of sp³-hybridized carbons (Fsp3) is 0.318. The summed E-state index contributed by atoms with van der Waals surface area (Å²) in [5, 5.41) is 11.6. The highest BCUT2D eigenvalue weighted by Gasteiger charge is 2.17. The molecule has 1 N–H and O–H groups in total. The maximum absolute atomic E-state index is 13.8. The third-order valence-corrected chi connectivity index (χ3v) is 6.03. The van der Waals surface area contributed by atoms with Gasteiger partial charge in [0.05, 0.1) is 12.4 Å². The first-order valence-electron chi connectivity index (χ1n) is 9.90. The van der Waals surface area contributed by atoms with Crippen LogP contribution in [0.2, 0.25) is 0 Å². The van der Waals surface area contributed by atoms with Crippen molar-refractivity contribution < 1.29 is 18.7 Å². The zero-order chi connectivity index (χ0) is 21.8. The molecule has 0 saturated heterocycles. The van der Waals surface area contributed by atoms with E-state index in [1.165, 1.54) is 35.0 Å². The lowest BCUT2D eigenvalue weighted by atomic mass is 10.1. The average molecular weight is 443 g/mol. The Bertz CT molecular complexity index is 1100. The predicted molar refractivity (Wildman–Crippen MR) is 115 cm³/mol. The second-order valence-corrected chi connectivity index (χ2v) is 8.25. The van der Waals surface area contributed by atoms with Crippen molar-refractivity contribution in [2.45, 2.75) is 32.0 Å². The van der Waals surface area contributed by atoms with Gasteiger partial charge in [-0.2, -0.15) is 0 Å². The average Bonchev–Trinajstić information content (AvgIpc) is 3.22. The van der Waals surface area contributed by atoms with Gasteiger partial charge in [0.25, 0.3) is 0 Å². The molecule has 7 nitrogen and oxygen atoms in total. The molecule has 31 heavy (non-hydrogen) atoms. The number of carbonyl (C=O) groups excluding carboxylic acids is 1. The molecule has 2 aromatic carbocycles. The van der Waals surface area contributed by atoms with Crippen molar-refractivity contribution in [3.05, 3.63) is 64.7 Å². The lowest BCUT2D eigenvalue weighted by Gasteiger charge is -2.21. The summed E-state index contributed by atoms with van der Waals surface area (Å²) >= 11 is 1.31. The van der Waals surface area contributed by atoms with Crippen molar-refractivity contribution in [1.29, 1.82) is 0 Å². The van der Waals surface area contributed by atoms with Gasteiger partial charge in [0.1, 0.15) is 17.9 Å². The van der Waals surface area contributed by atoms with Crippen molar-refractivity contribution in [1.82, 2.24) is 20.1 Å². The quantitative estimate of drug-likeness (QED) is 0.566. The largest absolute Gasteiger partial charge is 0.467 e. The monoisotopic (exact) mass is 442 g/mol. The molecule has 0 saturated carbocycles. The van der Waals surface area contributed by atoms with Gasteiger partial charge in [0, 0.05) is 17.8 Å². The first-order chi connectivity index (χ1) is 15.0. The van der Waals surface area contributed by atoms with E-state index >= 15 is 0 Å². The van der Waals surface area contributed by atoms with E-state index in [-0.39, 0.29) is 24.3 Å². The number of nitrogens with zero attached hydrogens (tertiary/aromatic N) is 3. The van der Waals surface area contributed by atoms with E-state index in [4.69, 9.17) is 9.47 Å². The molecule has 1 aliphatic rings. The summed E-state index contributed by atoms with van der Waals surface area (Å²) in [5.74, 6) is 0.386. The Morgan fingerprint density at radius 2 is 2.13 bits per heavy atom. The van der Waals surface area contributed by atoms with E-state index in [0.717, 1.165) is 11.3 Å². The molecule has 0 unspecified atom stereocenters. The fourth-order valence-electron chi connectivity index (χ4n) is 3.34. The number of benzene rings is 2. The Balaban J connectivity index is 1.32. The van der Waals surface area contributed by atoms with Crippen LogP contribution in [0.4, 0.5) is 4.39 Å². The molecular weight excluding hydrogens is 419 g/mol. The number of fused-ring (bicyclic) bond motifs is 1. The molecule has 0 bridgehead atoms. The highest BCUT2D eigenvalue weighted by Crippen LogP contribution is 2.29. The van der Waals surface area contributed by atoms with Gasteiger partial charge < -0.3 is 14.8 Å². The fourth-order valence-corrected chi connectivity index (χ4v) is 4.09. The highest BCUT2D eigenvalue weighted by atomic mass is 32.2. The Morgan fingerprint density at radius 1 is 1.26 bits per heavy atom. The molecule has 0 fully saturated rings. The third-order valence-electron chi connectivity index (χ3n) is 5.09. The number of carbonyl (C=O) groups is 1. The molecule has 1 aromatic heterocycles. The number of amides is 1. The minimum absolute atomic E-state index is 0.130. The summed E-state index contributed by atoms with van der Waals surface area (Å²) < 4.78 is 26.4. The van der Waals surface area contributed by atoms with Gasteiger partial charge in [-0.3, -0.25) is 9.36 Å². The molecule has 0 aliphatic carbocycles. The molecular formula is C22H23FN4O3S. The van der Waals surface area contributed by atoms with Crippen LogP contribution in [0.15, 0.2) is 41.8 Å². The zero-order valence-electron chi connectivity index (χ0n) is 17.4. The number of aromatic nitrogens is 3. The summed E-state index contributed by atoms with van der Waals surface area (Å²) in [4.78, 5) is 12.3. The molecule has 1 amide bonds. The Hall–Kier alpha value is -2.91. The van der Waals surface area contributed by atoms with Crippen LogP contribution in [0, 0.1) is 19.7 Å². The first kappa shape index (κ1) is 21.3. The lowest BCUT2D eigenvalue weighted by molar-refractivity contribution is -0.118. The Kier molecular flexibility index (Phi) is 6.53. The van der Waals surface area contributed by atoms with E-state index in [1.54, 1.807) is 6.33 Å². The minimum Gasteiger partial charge on any atom is -0.467 e. The highest BCUT2D eigenvalue weighted by molar-refractivity contribution is 7.99. The smallest absolute Gasteiger partial charge is 0.230 e. The van der Waals surface area contributed by atoms with Crippen LogP contribution in [0.5, 0.6) is 5.75 Å². The maximum Gasteiger partial charge on any atom is 0.230 e. The Labute approximate surface area is 184 Å². The minimum atomic E-state index is -0.338. The number of thioether (sulfide) groups is 1. The molecule has 4 rings (SSSR count). The van der Waals surface area contributed by atoms with E-state index < -0.39 is 0 Å². The Morgan fingerprint density at radius 3 is 2.97 bits per heavy atom. The van der Waals surface area contributed by atoms with Gasteiger partial charge in [-0.25, -0.2) is 4.39 Å². The van der Waals surface area contributed by atoms with Crippen LogP contribution in [-0.4, -0.2) is 39.8 Å². The lowest BCUT2D eigenvalue weighted by Crippen LogP contribution is -2.27. The van der Waals surface area contributed by atoms with E-state index in [2.05, 4.69) is 35.4 Å². The number of nitrogens with one attached hydrogen (secondary N) is 1. The van der Waals surface area contributed by atoms with Gasteiger partial charge in [-0.1, -0.05) is 17.8 Å². The van der Waals surface area contributed by atoms with Crippen LogP contribution < -0.4 is 10.1 Å². The number of rotatable bonds is 7. The van der Waals surface area contributed by atoms with Gasteiger partial charge >= 0.3 is 0 Å². The normalized spacial score (nSPS) is 12.9. The van der Waals surface area contributed by atoms with Gasteiger partial charge in [-0.15, -0.1) is 10.2 Å². The maximum atomic E-state index is 13.8. The van der Waals surface area contributed by atoms with Crippen LogP contribution in [0.3, 0.4) is 0 Å². The SMILES string of the molecule is Cc1ccc(-n2cnnc2SCC(=O)NCCc2cc(F)cc3c2OCOC3)cc1C. The summed E-state index contributed by atoms with van der Waals surface area (Å²) in [6.07, 6.45) is 2.11. The molecule has 0 atom stereocenters. The van der Waals surface area contributed by atoms with Crippen molar-refractivity contribution in [2.75, 3.05) is 19.1 Å². The third kappa shape index (κ3) is 5.05. The van der Waals surface area contributed by atoms with Crippen molar-refractivity contribution >= 4 is 17.7 Å². The summed E-state index contributed by atoms with van der Waals surface area (Å²) in [6, 6.07) is 8.97. The zero-order valence-corrected chi connectivity index (χ0v) is 18.2. The summed E-state index contributed by atoms with van der Waals surface area (Å²) in [6.45, 7) is 4.96. The molecule has 162 valence electrons. The van der Waals surface area contributed by atoms with Crippen LogP contribution in [0.25, 0.3) is 5.69 Å². The molecule has 0 spiro atoms. The first-order valence-corrected chi connectivity index (χ1v) is 10.9. The molecule has 2 heterocycles. The van der Waals surface area contributed by atoms with Crippen molar-refractivity contribution in [2.24, 2.45) is 0 Å². The van der Waals surface area contributed by atoms with E-state index in [0.29, 0.717) is 36.0 Å². The second-order valence-electron chi connectivity index (χ2n) is 7.30. The van der Waals surface area contributed by atoms with Crippen molar-refractivity contribution in [3.63, 3.8) is 0 Å². The van der Waals surface area contributed by atoms with Crippen LogP contribution >= 0.6 is 11.8 Å². The van der Waals surface area contributed by atoms with Gasteiger partial charge in [0.15, 0.2) is 11.9 Å². The predicted octanol–water partition coefficient (Wildman–Crippen LogP) is 3.34. The second kappa shape index (κ2) is 9.49. The van der Waals surface area contributed by atoms with Crippen molar-refractivity contribution in [3.8, 4) is 11.4 Å². The summed E-state index contributed by atoms with van der Waals surface area (Å²) in [5.41, 5.74) is 4.75. The van der Waals surface area contributed by atoms with E-state index in [9.17, 15) is 9.18 Å². The standard InChI is InChI=1S/C22H23FN4O3S/c1-14-3-4-19(7-15(14)2)27-12-25-26-22(27)31-11-20(28)24-6-5-16-8-18(23)9-17-10-29-13-30-21(16)17/h3-4,7-9,12H,5-6,10-11,13H2,1-2H3,(H,24,28). The van der Waals surface area contributed by atoms with Gasteiger partial charge in [-0.05, 0) is 61.2 Å². The topological polar surface area (TPSA) is 78.3 Å². The molecule has 9 heteroatoms. The number of aryl methyl sites for hydroxylation is 2. The number of halogens is 1. The summed E-state index contributed by atoms with van der Waals surface area (Å²) in [7, 11) is 0. The van der Waals surface area contributed by atoms with E-state index in [1.807, 2.05) is 16.7 Å². The molecule has 1 aliphatic heterocycles.